The van der Waals surface area contributed by atoms with Crippen molar-refractivity contribution in [3.05, 3.63) is 83.8 Å². The molecule has 7 N–H and O–H groups in total. The summed E-state index contributed by atoms with van der Waals surface area (Å²) in [5.41, 5.74) is 10.9. The van der Waals surface area contributed by atoms with Crippen LogP contribution in [0, 0.1) is 0 Å². The highest BCUT2D eigenvalue weighted by Gasteiger charge is 1.98. The van der Waals surface area contributed by atoms with Gasteiger partial charge >= 0.3 is 5.97 Å². The first kappa shape index (κ1) is 27.6. The van der Waals surface area contributed by atoms with Gasteiger partial charge in [-0.2, -0.15) is 0 Å². The van der Waals surface area contributed by atoms with E-state index in [1.165, 1.54) is 18.4 Å². The van der Waals surface area contributed by atoms with Crippen LogP contribution in [-0.4, -0.2) is 23.8 Å². The highest BCUT2D eigenvalue weighted by atomic mass is 19.1. The smallest absolute Gasteiger partial charge is 0.303 e. The van der Waals surface area contributed by atoms with E-state index in [4.69, 9.17) is 16.7 Å². The van der Waals surface area contributed by atoms with Crippen LogP contribution in [0.5, 0.6) is 0 Å². The molecule has 0 aliphatic rings. The molecule has 0 aliphatic carbocycles. The van der Waals surface area contributed by atoms with E-state index in [9.17, 15) is 9.18 Å². The average molecular weight is 432 g/mol. The fourth-order valence-electron chi connectivity index (χ4n) is 2.17. The van der Waals surface area contributed by atoms with E-state index in [2.05, 4.69) is 22.3 Å². The number of hydrogen-bond donors (Lipinski definition) is 5. The second-order valence-corrected chi connectivity index (χ2v) is 6.47. The Labute approximate surface area is 184 Å². The van der Waals surface area contributed by atoms with Gasteiger partial charge in [-0.05, 0) is 51.3 Å². The van der Waals surface area contributed by atoms with Crippen LogP contribution >= 0.6 is 0 Å². The van der Waals surface area contributed by atoms with E-state index in [0.29, 0.717) is 36.4 Å². The van der Waals surface area contributed by atoms with E-state index in [0.717, 1.165) is 12.1 Å². The minimum atomic E-state index is -0.788. The quantitative estimate of drug-likeness (QED) is 0.0881. The number of nitrogens with one attached hydrogen (secondary N) is 2. The monoisotopic (exact) mass is 431 g/mol. The van der Waals surface area contributed by atoms with E-state index in [1.54, 1.807) is 43.5 Å². The topological polar surface area (TPSA) is 126 Å². The molecule has 8 heteroatoms. The van der Waals surface area contributed by atoms with Gasteiger partial charge in [0.25, 0.3) is 0 Å². The van der Waals surface area contributed by atoms with Crippen LogP contribution in [0.15, 0.2) is 88.8 Å². The molecule has 0 amide bonds. The Morgan fingerprint density at radius 3 is 2.68 bits per heavy atom. The molecule has 0 fully saturated rings. The van der Waals surface area contributed by atoms with Gasteiger partial charge in [0.15, 0.2) is 0 Å². The van der Waals surface area contributed by atoms with Crippen LogP contribution in [0.3, 0.4) is 0 Å². The van der Waals surface area contributed by atoms with Crippen molar-refractivity contribution in [1.82, 2.24) is 10.7 Å². The molecule has 0 aliphatic heterocycles. The Morgan fingerprint density at radius 1 is 1.29 bits per heavy atom. The van der Waals surface area contributed by atoms with Crippen LogP contribution in [0.4, 0.5) is 4.39 Å². The molecule has 0 heterocycles. The molecule has 0 aromatic carbocycles. The largest absolute Gasteiger partial charge is 0.481 e. The molecule has 0 bridgehead atoms. The number of carbonyl (C=O) groups is 1. The fourth-order valence-corrected chi connectivity index (χ4v) is 2.17. The fraction of sp³-hybridized carbons (Fsp3) is 0.304. The van der Waals surface area contributed by atoms with Crippen molar-refractivity contribution in [2.75, 3.05) is 6.54 Å². The molecule has 0 radical (unpaired) electrons. The summed E-state index contributed by atoms with van der Waals surface area (Å²) >= 11 is 0. The first-order valence-electron chi connectivity index (χ1n) is 9.94. The highest BCUT2D eigenvalue weighted by molar-refractivity contribution is 5.66. The number of rotatable bonds is 15. The molecule has 0 saturated heterocycles. The zero-order chi connectivity index (χ0) is 23.5. The Kier molecular flexibility index (Phi) is 15.6. The van der Waals surface area contributed by atoms with Crippen LogP contribution in [-0.2, 0) is 4.79 Å². The Hall–Kier alpha value is -3.39. The predicted molar refractivity (Wildman–Crippen MR) is 126 cm³/mol. The number of nitrogens with zero attached hydrogens (tertiary/aromatic N) is 1. The molecule has 0 spiro atoms. The number of aliphatic carboxylic acids is 1. The summed E-state index contributed by atoms with van der Waals surface area (Å²) in [6.45, 7) is 7.79. The SMILES string of the molecule is C=C(/C=C/C=C(\C=C(C)\N=C\CCCCC(=O)O)C(/N)=C/NN)NC/C=C\C(F)=C/C. The summed E-state index contributed by atoms with van der Waals surface area (Å²) in [7, 11) is 0. The number of unbranched alkanes of at least 4 members (excludes halogenated alkanes) is 2. The maximum Gasteiger partial charge on any atom is 0.303 e. The lowest BCUT2D eigenvalue weighted by atomic mass is 10.1. The molecular formula is C23H34FN5O2. The third kappa shape index (κ3) is 16.1. The summed E-state index contributed by atoms with van der Waals surface area (Å²) in [5, 5.41) is 11.7. The zero-order valence-electron chi connectivity index (χ0n) is 18.3. The number of aliphatic imine (C=N–C) groups is 1. The number of halogens is 1. The van der Waals surface area contributed by atoms with Crippen molar-refractivity contribution in [2.24, 2.45) is 16.6 Å². The molecule has 31 heavy (non-hydrogen) atoms. The van der Waals surface area contributed by atoms with Crippen molar-refractivity contribution >= 4 is 12.2 Å². The number of carboxylic acids is 1. The molecule has 0 aromatic rings. The Bertz CT molecular complexity index is 790. The summed E-state index contributed by atoms with van der Waals surface area (Å²) < 4.78 is 13.0. The lowest BCUT2D eigenvalue weighted by molar-refractivity contribution is -0.137. The molecule has 0 rings (SSSR count). The second-order valence-electron chi connectivity index (χ2n) is 6.47. The first-order chi connectivity index (χ1) is 14.8. The average Bonchev–Trinajstić information content (AvgIpc) is 2.72. The second kappa shape index (κ2) is 17.5. The predicted octanol–water partition coefficient (Wildman–Crippen LogP) is 3.88. The summed E-state index contributed by atoms with van der Waals surface area (Å²) in [6, 6.07) is 0. The van der Waals surface area contributed by atoms with Crippen molar-refractivity contribution in [3.8, 4) is 0 Å². The van der Waals surface area contributed by atoms with Gasteiger partial charge in [0.2, 0.25) is 0 Å². The zero-order valence-corrected chi connectivity index (χ0v) is 18.3. The van der Waals surface area contributed by atoms with E-state index < -0.39 is 5.97 Å². The van der Waals surface area contributed by atoms with Gasteiger partial charge in [-0.1, -0.05) is 30.9 Å². The van der Waals surface area contributed by atoms with E-state index in [-0.39, 0.29) is 12.2 Å². The van der Waals surface area contributed by atoms with Gasteiger partial charge < -0.3 is 21.6 Å². The molecule has 0 saturated carbocycles. The maximum absolute atomic E-state index is 13.0. The highest BCUT2D eigenvalue weighted by Crippen LogP contribution is 2.11. The molecular weight excluding hydrogens is 397 g/mol. The number of hydrazine groups is 1. The summed E-state index contributed by atoms with van der Waals surface area (Å²) in [4.78, 5) is 14.8. The number of nitrogens with two attached hydrogens (primary N) is 2. The summed E-state index contributed by atoms with van der Waals surface area (Å²) in [5.74, 6) is 4.23. The third-order valence-electron chi connectivity index (χ3n) is 3.78. The van der Waals surface area contributed by atoms with Gasteiger partial charge in [-0.15, -0.1) is 0 Å². The lowest BCUT2D eigenvalue weighted by Gasteiger charge is -2.04. The van der Waals surface area contributed by atoms with Crippen LogP contribution < -0.4 is 22.3 Å². The third-order valence-corrected chi connectivity index (χ3v) is 3.78. The van der Waals surface area contributed by atoms with Crippen molar-refractivity contribution in [3.63, 3.8) is 0 Å². The number of allylic oxidation sites excluding steroid dienone is 8. The number of hydrogen-bond acceptors (Lipinski definition) is 6. The Morgan fingerprint density at radius 2 is 2.03 bits per heavy atom. The number of carboxylic acid groups (broad SMARTS) is 1. The molecule has 0 unspecified atom stereocenters. The molecule has 0 aromatic heterocycles. The Balaban J connectivity index is 4.95. The van der Waals surface area contributed by atoms with Gasteiger partial charge in [-0.3, -0.25) is 15.6 Å². The normalized spacial score (nSPS) is 14.1. The van der Waals surface area contributed by atoms with Gasteiger partial charge in [0.05, 0.1) is 5.70 Å². The van der Waals surface area contributed by atoms with Gasteiger partial charge in [0.1, 0.15) is 5.83 Å². The first-order valence-corrected chi connectivity index (χ1v) is 9.94. The lowest BCUT2D eigenvalue weighted by Crippen LogP contribution is -2.17. The van der Waals surface area contributed by atoms with Crippen molar-refractivity contribution < 1.29 is 14.3 Å². The van der Waals surface area contributed by atoms with E-state index >= 15 is 0 Å². The molecule has 7 nitrogen and oxygen atoms in total. The maximum atomic E-state index is 13.0. The van der Waals surface area contributed by atoms with Crippen LogP contribution in [0.25, 0.3) is 0 Å². The van der Waals surface area contributed by atoms with Crippen molar-refractivity contribution in [1.29, 1.82) is 0 Å². The van der Waals surface area contributed by atoms with Gasteiger partial charge in [0, 0.05) is 42.3 Å². The van der Waals surface area contributed by atoms with Crippen LogP contribution in [0.2, 0.25) is 0 Å². The molecule has 170 valence electrons. The minimum Gasteiger partial charge on any atom is -0.481 e. The standard InChI is InChI=1S/C23H34FN5O2/c1-4-21(24)12-9-15-27-18(2)10-8-11-20(22(25)17-29-26)16-19(3)28-14-7-5-6-13-23(30)31/h4,8-12,14,16-17,27,29H,2,5-7,13,15,25-26H2,1,3H3,(H,30,31)/b10-8+,12-9-,19-16+,20-11+,21-4+,22-17-,28-14+. The summed E-state index contributed by atoms with van der Waals surface area (Å²) in [6.07, 6.45) is 17.0. The minimum absolute atomic E-state index is 0.165. The van der Waals surface area contributed by atoms with Gasteiger partial charge in [-0.25, -0.2) is 4.39 Å². The van der Waals surface area contributed by atoms with Crippen LogP contribution in [0.1, 0.15) is 39.5 Å². The van der Waals surface area contributed by atoms with Crippen molar-refractivity contribution in [2.45, 2.75) is 39.5 Å². The van der Waals surface area contributed by atoms with E-state index in [1.807, 2.05) is 6.92 Å². The molecule has 0 atom stereocenters.